The fraction of sp³-hybridized carbons (Fsp3) is 0.474. The highest BCUT2D eigenvalue weighted by molar-refractivity contribution is 7.98. The molecule has 1 fully saturated rings. The molecule has 1 aliphatic heterocycles. The zero-order valence-corrected chi connectivity index (χ0v) is 18.2. The number of benzene rings is 1. The van der Waals surface area contributed by atoms with Crippen molar-refractivity contribution in [3.8, 4) is 6.07 Å². The summed E-state index contributed by atoms with van der Waals surface area (Å²) in [6.07, 6.45) is 2.52. The largest absolute Gasteiger partial charge is 0.349 e. The second-order valence-corrected chi connectivity index (χ2v) is 8.30. The van der Waals surface area contributed by atoms with Crippen molar-refractivity contribution in [2.45, 2.75) is 37.1 Å². The third kappa shape index (κ3) is 3.84. The van der Waals surface area contributed by atoms with Crippen LogP contribution in [0.2, 0.25) is 0 Å². The lowest BCUT2D eigenvalue weighted by molar-refractivity contribution is -0.128. The first-order valence-corrected chi connectivity index (χ1v) is 10.3. The number of hydrogen-bond donors (Lipinski definition) is 0. The summed E-state index contributed by atoms with van der Waals surface area (Å²) in [6, 6.07) is 4.86. The summed E-state index contributed by atoms with van der Waals surface area (Å²) < 4.78 is 15.1. The van der Waals surface area contributed by atoms with Crippen LogP contribution in [0.15, 0.2) is 17.0 Å². The number of thiocarbonyl (C=S) groups is 1. The van der Waals surface area contributed by atoms with Crippen LogP contribution in [-0.2, 0) is 9.59 Å². The smallest absolute Gasteiger partial charge is 0.258 e. The number of thioether (sulfide) groups is 1. The molecule has 1 saturated heterocycles. The molecule has 1 aromatic rings. The molecule has 0 N–H and O–H groups in total. The number of amides is 2. The van der Waals surface area contributed by atoms with Crippen LogP contribution < -0.4 is 4.90 Å². The zero-order chi connectivity index (χ0) is 21.2. The van der Waals surface area contributed by atoms with E-state index in [4.69, 9.17) is 17.5 Å². The third-order valence-corrected chi connectivity index (χ3v) is 5.95. The van der Waals surface area contributed by atoms with Gasteiger partial charge in [-0.2, -0.15) is 5.26 Å². The van der Waals surface area contributed by atoms with Crippen molar-refractivity contribution in [1.29, 1.82) is 5.26 Å². The van der Waals surface area contributed by atoms with Crippen LogP contribution in [0.1, 0.15) is 32.3 Å². The van der Waals surface area contributed by atoms with Crippen LogP contribution in [-0.4, -0.2) is 59.2 Å². The van der Waals surface area contributed by atoms with Crippen LogP contribution in [0.3, 0.4) is 0 Å². The number of carbonyl (C=O) groups is 2. The van der Waals surface area contributed by atoms with Crippen molar-refractivity contribution in [3.05, 3.63) is 23.5 Å². The van der Waals surface area contributed by atoms with Gasteiger partial charge in [-0.15, -0.1) is 11.8 Å². The molecule has 0 atom stereocenters. The minimum absolute atomic E-state index is 0.00569. The van der Waals surface area contributed by atoms with Gasteiger partial charge in [0.1, 0.15) is 11.6 Å². The predicted octanol–water partition coefficient (Wildman–Crippen LogP) is 3.00. The van der Waals surface area contributed by atoms with Gasteiger partial charge in [-0.3, -0.25) is 14.5 Å². The molecule has 0 saturated carbocycles. The Morgan fingerprint density at radius 2 is 2.04 bits per heavy atom. The summed E-state index contributed by atoms with van der Waals surface area (Å²) in [5, 5.41) is 9.36. The first-order chi connectivity index (χ1) is 13.1. The predicted molar refractivity (Wildman–Crippen MR) is 112 cm³/mol. The lowest BCUT2D eigenvalue weighted by atomic mass is 10.0. The SMILES string of the molecule is CSc1c(C#N)ccc(N2C(=O)C(C)(C)N(CCCC(=O)N(C)C)C2=S)c1F. The van der Waals surface area contributed by atoms with Crippen molar-refractivity contribution in [2.24, 2.45) is 0 Å². The van der Waals surface area contributed by atoms with Crippen LogP contribution in [0.5, 0.6) is 0 Å². The summed E-state index contributed by atoms with van der Waals surface area (Å²) in [5.41, 5.74) is -0.708. The van der Waals surface area contributed by atoms with Gasteiger partial charge < -0.3 is 9.80 Å². The highest BCUT2D eigenvalue weighted by atomic mass is 32.2. The topological polar surface area (TPSA) is 67.6 Å². The van der Waals surface area contributed by atoms with Gasteiger partial charge in [0.05, 0.1) is 16.1 Å². The van der Waals surface area contributed by atoms with Gasteiger partial charge in [-0.25, -0.2) is 4.39 Å². The molecule has 28 heavy (non-hydrogen) atoms. The number of halogens is 1. The fourth-order valence-corrected chi connectivity index (χ4v) is 4.16. The Bertz CT molecular complexity index is 864. The lowest BCUT2D eigenvalue weighted by Crippen LogP contribution is -2.44. The fourth-order valence-electron chi connectivity index (χ4n) is 3.04. The van der Waals surface area contributed by atoms with E-state index in [1.807, 2.05) is 6.07 Å². The number of anilines is 1. The molecule has 150 valence electrons. The molecule has 0 spiro atoms. The van der Waals surface area contributed by atoms with Gasteiger partial charge >= 0.3 is 0 Å². The Kier molecular flexibility index (Phi) is 6.67. The molecule has 1 aromatic carbocycles. The van der Waals surface area contributed by atoms with Gasteiger partial charge in [0.25, 0.3) is 5.91 Å². The molecule has 0 aromatic heterocycles. The van der Waals surface area contributed by atoms with Gasteiger partial charge in [-0.1, -0.05) is 0 Å². The maximum atomic E-state index is 15.1. The second kappa shape index (κ2) is 8.45. The molecule has 0 radical (unpaired) electrons. The standard InChI is InChI=1S/C19H23FN4O2S2/c1-19(2)17(26)24(13-9-8-12(11-21)16(28-5)15(13)20)18(27)23(19)10-6-7-14(25)22(3)4/h8-9H,6-7,10H2,1-5H3. The minimum atomic E-state index is -0.960. The first-order valence-electron chi connectivity index (χ1n) is 8.70. The molecule has 0 aliphatic carbocycles. The summed E-state index contributed by atoms with van der Waals surface area (Å²) in [6.45, 7) is 3.86. The number of carbonyl (C=O) groups excluding carboxylic acids is 2. The van der Waals surface area contributed by atoms with Crippen LogP contribution in [0.4, 0.5) is 10.1 Å². The molecule has 6 nitrogen and oxygen atoms in total. The number of nitriles is 1. The monoisotopic (exact) mass is 422 g/mol. The molecule has 0 unspecified atom stereocenters. The molecule has 9 heteroatoms. The first kappa shape index (κ1) is 22.1. The number of rotatable bonds is 6. The van der Waals surface area contributed by atoms with E-state index in [0.717, 1.165) is 11.8 Å². The lowest BCUT2D eigenvalue weighted by Gasteiger charge is -2.29. The van der Waals surface area contributed by atoms with Crippen molar-refractivity contribution in [2.75, 3.05) is 31.8 Å². The van der Waals surface area contributed by atoms with Gasteiger partial charge in [0, 0.05) is 27.1 Å². The van der Waals surface area contributed by atoms with Gasteiger partial charge in [0.2, 0.25) is 5.91 Å². The highest BCUT2D eigenvalue weighted by Crippen LogP contribution is 2.37. The maximum Gasteiger partial charge on any atom is 0.258 e. The van der Waals surface area contributed by atoms with Gasteiger partial charge in [-0.05, 0) is 50.9 Å². The van der Waals surface area contributed by atoms with E-state index >= 15 is 4.39 Å². The number of nitrogens with zero attached hydrogens (tertiary/aromatic N) is 4. The van der Waals surface area contributed by atoms with Crippen LogP contribution in [0.25, 0.3) is 0 Å². The van der Waals surface area contributed by atoms with Crippen LogP contribution in [0, 0.1) is 17.1 Å². The normalized spacial score (nSPS) is 15.8. The molecular formula is C19H23FN4O2S2. The van der Waals surface area contributed by atoms with E-state index in [2.05, 4.69) is 0 Å². The van der Waals surface area contributed by atoms with Crippen LogP contribution >= 0.6 is 24.0 Å². The third-order valence-electron chi connectivity index (χ3n) is 4.74. The summed E-state index contributed by atoms with van der Waals surface area (Å²) in [4.78, 5) is 29.5. The zero-order valence-electron chi connectivity index (χ0n) is 16.6. The van der Waals surface area contributed by atoms with E-state index in [9.17, 15) is 9.59 Å². The Labute approximate surface area is 174 Å². The maximum absolute atomic E-state index is 15.1. The Balaban J connectivity index is 2.33. The summed E-state index contributed by atoms with van der Waals surface area (Å²) in [7, 11) is 3.38. The summed E-state index contributed by atoms with van der Waals surface area (Å²) >= 11 is 6.61. The van der Waals surface area contributed by atoms with Crippen molar-refractivity contribution in [3.63, 3.8) is 0 Å². The van der Waals surface area contributed by atoms with E-state index < -0.39 is 11.4 Å². The Hall–Kier alpha value is -2.18. The molecule has 2 rings (SSSR count). The van der Waals surface area contributed by atoms with E-state index in [1.165, 1.54) is 21.9 Å². The second-order valence-electron chi connectivity index (χ2n) is 7.12. The van der Waals surface area contributed by atoms with Crippen molar-refractivity contribution < 1.29 is 14.0 Å². The average Bonchev–Trinajstić information content (AvgIpc) is 2.80. The van der Waals surface area contributed by atoms with Gasteiger partial charge in [0.15, 0.2) is 10.9 Å². The van der Waals surface area contributed by atoms with E-state index in [1.54, 1.807) is 39.1 Å². The molecule has 2 amide bonds. The molecule has 1 aliphatic rings. The summed E-state index contributed by atoms with van der Waals surface area (Å²) in [5.74, 6) is -0.983. The minimum Gasteiger partial charge on any atom is -0.349 e. The quantitative estimate of drug-likeness (QED) is 0.519. The average molecular weight is 423 g/mol. The molecule has 1 heterocycles. The van der Waals surface area contributed by atoms with E-state index in [-0.39, 0.29) is 33.1 Å². The highest BCUT2D eigenvalue weighted by Gasteiger charge is 2.50. The Morgan fingerprint density at radius 1 is 1.39 bits per heavy atom. The van der Waals surface area contributed by atoms with E-state index in [0.29, 0.717) is 19.4 Å². The molecular weight excluding hydrogens is 399 g/mol. The Morgan fingerprint density at radius 3 is 2.57 bits per heavy atom. The van der Waals surface area contributed by atoms with Crippen molar-refractivity contribution >= 4 is 46.6 Å². The number of hydrogen-bond acceptors (Lipinski definition) is 5. The van der Waals surface area contributed by atoms with Crippen molar-refractivity contribution in [1.82, 2.24) is 9.80 Å². The molecule has 0 bridgehead atoms.